The third-order valence-electron chi connectivity index (χ3n) is 6.18. The Hall–Kier alpha value is -3.65. The van der Waals surface area contributed by atoms with Gasteiger partial charge in [-0.05, 0) is 75.6 Å². The predicted molar refractivity (Wildman–Crippen MR) is 143 cm³/mol. The fourth-order valence-electron chi connectivity index (χ4n) is 4.30. The Bertz CT molecular complexity index is 1390. The normalized spacial score (nSPS) is 12.1. The van der Waals surface area contributed by atoms with E-state index in [0.717, 1.165) is 11.3 Å². The summed E-state index contributed by atoms with van der Waals surface area (Å²) in [5, 5.41) is 3.47. The van der Waals surface area contributed by atoms with Gasteiger partial charge < -0.3 is 15.8 Å². The SMILES string of the molecule is CCC(CC)(NC(=O)OC(C)(C)C)c1ccc(-n2c(-c3cccnc3N)nc3ccc(Cl)nc32)cc1. The zero-order valence-corrected chi connectivity index (χ0v) is 21.9. The lowest BCUT2D eigenvalue weighted by Gasteiger charge is -2.34. The van der Waals surface area contributed by atoms with Gasteiger partial charge in [0.2, 0.25) is 0 Å². The number of hydrogen-bond donors (Lipinski definition) is 2. The summed E-state index contributed by atoms with van der Waals surface area (Å²) in [6.45, 7) is 9.65. The van der Waals surface area contributed by atoms with Gasteiger partial charge in [0.05, 0.1) is 11.1 Å². The first-order chi connectivity index (χ1) is 17.1. The number of imidazole rings is 1. The van der Waals surface area contributed by atoms with E-state index in [1.165, 1.54) is 0 Å². The number of halogens is 1. The van der Waals surface area contributed by atoms with Gasteiger partial charge in [0, 0.05) is 11.9 Å². The van der Waals surface area contributed by atoms with Gasteiger partial charge in [-0.2, -0.15) is 0 Å². The second-order valence-electron chi connectivity index (χ2n) is 9.65. The quantitative estimate of drug-likeness (QED) is 0.299. The summed E-state index contributed by atoms with van der Waals surface area (Å²) in [6.07, 6.45) is 2.60. The molecule has 0 saturated carbocycles. The number of nitrogens with two attached hydrogens (primary N) is 1. The molecule has 0 spiro atoms. The van der Waals surface area contributed by atoms with E-state index in [1.54, 1.807) is 12.3 Å². The maximum absolute atomic E-state index is 12.6. The molecule has 3 heterocycles. The third-order valence-corrected chi connectivity index (χ3v) is 6.39. The van der Waals surface area contributed by atoms with Gasteiger partial charge in [-0.3, -0.25) is 4.57 Å². The van der Waals surface area contributed by atoms with E-state index in [9.17, 15) is 4.79 Å². The molecule has 4 aromatic rings. The van der Waals surface area contributed by atoms with Crippen LogP contribution in [0.2, 0.25) is 5.15 Å². The summed E-state index contributed by atoms with van der Waals surface area (Å²) in [5.74, 6) is 0.983. The number of carbonyl (C=O) groups is 1. The first-order valence-electron chi connectivity index (χ1n) is 11.9. The topological polar surface area (TPSA) is 108 Å². The van der Waals surface area contributed by atoms with Crippen molar-refractivity contribution in [3.63, 3.8) is 0 Å². The smallest absolute Gasteiger partial charge is 0.408 e. The van der Waals surface area contributed by atoms with E-state index in [-0.39, 0.29) is 0 Å². The molecule has 36 heavy (non-hydrogen) atoms. The Morgan fingerprint density at radius 1 is 1.06 bits per heavy atom. The molecule has 3 N–H and O–H groups in total. The van der Waals surface area contributed by atoms with Crippen LogP contribution in [0, 0.1) is 0 Å². The van der Waals surface area contributed by atoms with Gasteiger partial charge in [0.25, 0.3) is 0 Å². The summed E-state index contributed by atoms with van der Waals surface area (Å²) in [4.78, 5) is 26.2. The van der Waals surface area contributed by atoms with Gasteiger partial charge in [-0.1, -0.05) is 37.6 Å². The minimum atomic E-state index is -0.581. The first-order valence-corrected chi connectivity index (χ1v) is 12.3. The summed E-state index contributed by atoms with van der Waals surface area (Å²) in [5.41, 5.74) is 8.83. The Kier molecular flexibility index (Phi) is 6.91. The Morgan fingerprint density at radius 2 is 1.75 bits per heavy atom. The molecule has 4 rings (SSSR count). The number of amides is 1. The van der Waals surface area contributed by atoms with Crippen LogP contribution in [0.3, 0.4) is 0 Å². The number of nitrogens with one attached hydrogen (secondary N) is 1. The molecular formula is C27H31ClN6O2. The van der Waals surface area contributed by atoms with Crippen molar-refractivity contribution in [2.75, 3.05) is 5.73 Å². The minimum absolute atomic E-state index is 0.364. The molecule has 0 saturated heterocycles. The fraction of sp³-hybridized carbons (Fsp3) is 0.333. The monoisotopic (exact) mass is 506 g/mol. The van der Waals surface area contributed by atoms with Crippen LogP contribution in [0.25, 0.3) is 28.2 Å². The largest absolute Gasteiger partial charge is 0.444 e. The third kappa shape index (κ3) is 4.99. The van der Waals surface area contributed by atoms with Crippen LogP contribution in [0.5, 0.6) is 0 Å². The molecule has 1 aromatic carbocycles. The lowest BCUT2D eigenvalue weighted by atomic mass is 9.84. The number of ether oxygens (including phenoxy) is 1. The molecule has 1 amide bonds. The predicted octanol–water partition coefficient (Wildman–Crippen LogP) is 6.26. The molecule has 0 unspecified atom stereocenters. The number of benzene rings is 1. The number of nitrogen functional groups attached to an aromatic ring is 1. The molecule has 0 atom stereocenters. The highest BCUT2D eigenvalue weighted by atomic mass is 35.5. The van der Waals surface area contributed by atoms with Gasteiger partial charge in [-0.25, -0.2) is 19.7 Å². The molecule has 188 valence electrons. The minimum Gasteiger partial charge on any atom is -0.444 e. The lowest BCUT2D eigenvalue weighted by molar-refractivity contribution is 0.0443. The van der Waals surface area contributed by atoms with Crippen LogP contribution in [-0.2, 0) is 10.3 Å². The molecule has 0 bridgehead atoms. The molecule has 0 aliphatic carbocycles. The van der Waals surface area contributed by atoms with E-state index < -0.39 is 17.2 Å². The van der Waals surface area contributed by atoms with Crippen LogP contribution in [-0.4, -0.2) is 31.2 Å². The van der Waals surface area contributed by atoms with E-state index in [2.05, 4.69) is 15.3 Å². The number of fused-ring (bicyclic) bond motifs is 1. The van der Waals surface area contributed by atoms with Crippen molar-refractivity contribution < 1.29 is 9.53 Å². The molecular weight excluding hydrogens is 476 g/mol. The maximum Gasteiger partial charge on any atom is 0.408 e. The van der Waals surface area contributed by atoms with E-state index >= 15 is 0 Å². The first kappa shape index (κ1) is 25.4. The number of carbonyl (C=O) groups excluding carboxylic acids is 1. The van der Waals surface area contributed by atoms with Gasteiger partial charge in [-0.15, -0.1) is 0 Å². The molecule has 3 aromatic heterocycles. The highest BCUT2D eigenvalue weighted by Crippen LogP contribution is 2.33. The lowest BCUT2D eigenvalue weighted by Crippen LogP contribution is -2.47. The molecule has 0 radical (unpaired) electrons. The van der Waals surface area contributed by atoms with E-state index in [4.69, 9.17) is 27.1 Å². The molecule has 8 nitrogen and oxygen atoms in total. The zero-order chi connectivity index (χ0) is 26.1. The summed E-state index contributed by atoms with van der Waals surface area (Å²) < 4.78 is 7.45. The number of alkyl carbamates (subject to hydrolysis) is 1. The summed E-state index contributed by atoms with van der Waals surface area (Å²) in [6, 6.07) is 15.2. The van der Waals surface area contributed by atoms with Crippen molar-refractivity contribution in [1.29, 1.82) is 0 Å². The average molecular weight is 507 g/mol. The van der Waals surface area contributed by atoms with Crippen LogP contribution in [0.1, 0.15) is 53.0 Å². The number of anilines is 1. The van der Waals surface area contributed by atoms with Gasteiger partial charge in [0.15, 0.2) is 11.5 Å². The van der Waals surface area contributed by atoms with Crippen LogP contribution < -0.4 is 11.1 Å². The zero-order valence-electron chi connectivity index (χ0n) is 21.2. The van der Waals surface area contributed by atoms with Crippen LogP contribution >= 0.6 is 11.6 Å². The molecule has 0 aliphatic rings. The second kappa shape index (κ2) is 9.78. The highest BCUT2D eigenvalue weighted by Gasteiger charge is 2.32. The van der Waals surface area contributed by atoms with Crippen molar-refractivity contribution in [3.8, 4) is 17.1 Å². The van der Waals surface area contributed by atoms with Crippen molar-refractivity contribution >= 4 is 34.7 Å². The fourth-order valence-corrected chi connectivity index (χ4v) is 4.44. The van der Waals surface area contributed by atoms with Crippen LogP contribution in [0.4, 0.5) is 10.6 Å². The Balaban J connectivity index is 1.80. The number of pyridine rings is 2. The second-order valence-corrected chi connectivity index (χ2v) is 10.0. The van der Waals surface area contributed by atoms with E-state index in [1.807, 2.05) is 81.7 Å². The Morgan fingerprint density at radius 3 is 2.36 bits per heavy atom. The summed E-state index contributed by atoms with van der Waals surface area (Å²) in [7, 11) is 0. The highest BCUT2D eigenvalue weighted by molar-refractivity contribution is 6.29. The Labute approximate surface area is 215 Å². The number of aromatic nitrogens is 4. The van der Waals surface area contributed by atoms with E-state index in [0.29, 0.717) is 46.4 Å². The van der Waals surface area contributed by atoms with Crippen LogP contribution in [0.15, 0.2) is 54.7 Å². The van der Waals surface area contributed by atoms with Crippen molar-refractivity contribution in [1.82, 2.24) is 24.8 Å². The van der Waals surface area contributed by atoms with Crippen molar-refractivity contribution in [3.05, 3.63) is 65.4 Å². The molecule has 0 fully saturated rings. The van der Waals surface area contributed by atoms with Crippen molar-refractivity contribution in [2.45, 2.75) is 58.6 Å². The number of nitrogens with zero attached hydrogens (tertiary/aromatic N) is 4. The maximum atomic E-state index is 12.6. The molecule has 0 aliphatic heterocycles. The average Bonchev–Trinajstić information content (AvgIpc) is 3.20. The summed E-state index contributed by atoms with van der Waals surface area (Å²) >= 11 is 6.24. The number of hydrogen-bond acceptors (Lipinski definition) is 6. The van der Waals surface area contributed by atoms with Gasteiger partial charge >= 0.3 is 6.09 Å². The van der Waals surface area contributed by atoms with Gasteiger partial charge in [0.1, 0.15) is 22.1 Å². The molecule has 9 heteroatoms. The number of rotatable bonds is 6. The van der Waals surface area contributed by atoms with Crippen molar-refractivity contribution in [2.24, 2.45) is 0 Å². The standard InChI is InChI=1S/C27H31ClN6O2/c1-6-27(7-2,33-25(35)36-26(3,4)5)17-10-12-18(13-11-17)34-23(19-9-8-16-30-22(19)29)31-20-14-15-21(28)32-24(20)34/h8-16H,6-7H2,1-5H3,(H2,29,30)(H,33,35).